The summed E-state index contributed by atoms with van der Waals surface area (Å²) in [7, 11) is 0. The van der Waals surface area contributed by atoms with Crippen LogP contribution < -0.4 is 5.32 Å². The van der Waals surface area contributed by atoms with Crippen LogP contribution in [0.2, 0.25) is 0 Å². The lowest BCUT2D eigenvalue weighted by molar-refractivity contribution is 0.0678. The van der Waals surface area contributed by atoms with Crippen LogP contribution in [-0.4, -0.2) is 41.0 Å². The van der Waals surface area contributed by atoms with Crippen molar-refractivity contribution < 1.29 is 9.21 Å². The highest BCUT2D eigenvalue weighted by atomic mass is 16.3. The predicted molar refractivity (Wildman–Crippen MR) is 66.3 cm³/mol. The minimum atomic E-state index is 0.00111. The summed E-state index contributed by atoms with van der Waals surface area (Å²) in [5.74, 6) is 0.404. The average Bonchev–Trinajstić information content (AvgIpc) is 3.09. The molecule has 1 aromatic heterocycles. The maximum Gasteiger partial charge on any atom is 0.291 e. The van der Waals surface area contributed by atoms with Gasteiger partial charge in [0.15, 0.2) is 6.39 Å². The highest BCUT2D eigenvalue weighted by Crippen LogP contribution is 2.26. The SMILES string of the molecule is Cc1ncoc1C(=O)N1CCCC1C1CCCN1. The quantitative estimate of drug-likeness (QED) is 0.859. The molecule has 0 saturated carbocycles. The predicted octanol–water partition coefficient (Wildman–Crippen LogP) is 1.34. The Hall–Kier alpha value is -1.36. The number of hydrogen-bond acceptors (Lipinski definition) is 4. The maximum atomic E-state index is 12.5. The van der Waals surface area contributed by atoms with E-state index in [1.165, 1.54) is 19.2 Å². The first-order valence-electron chi connectivity index (χ1n) is 6.72. The fourth-order valence-corrected chi connectivity index (χ4v) is 3.14. The highest BCUT2D eigenvalue weighted by Gasteiger charge is 2.37. The molecule has 1 N–H and O–H groups in total. The standard InChI is InChI=1S/C13H19N3O2/c1-9-12(18-8-15-9)13(17)16-7-3-5-11(16)10-4-2-6-14-10/h8,10-11,14H,2-7H2,1H3. The zero-order chi connectivity index (χ0) is 12.5. The molecule has 2 unspecified atom stereocenters. The summed E-state index contributed by atoms with van der Waals surface area (Å²) in [5, 5.41) is 3.50. The van der Waals surface area contributed by atoms with Gasteiger partial charge < -0.3 is 14.6 Å². The van der Waals surface area contributed by atoms with Crippen LogP contribution in [-0.2, 0) is 0 Å². The molecule has 2 aliphatic heterocycles. The van der Waals surface area contributed by atoms with Crippen molar-refractivity contribution in [2.24, 2.45) is 0 Å². The Kier molecular flexibility index (Phi) is 3.07. The van der Waals surface area contributed by atoms with Gasteiger partial charge in [0.05, 0.1) is 5.69 Å². The lowest BCUT2D eigenvalue weighted by atomic mass is 10.0. The third kappa shape index (κ3) is 1.92. The maximum absolute atomic E-state index is 12.5. The van der Waals surface area contributed by atoms with Crippen LogP contribution in [0.1, 0.15) is 41.9 Å². The number of aryl methyl sites for hydroxylation is 1. The van der Waals surface area contributed by atoms with Gasteiger partial charge in [0.1, 0.15) is 0 Å². The van der Waals surface area contributed by atoms with Gasteiger partial charge in [0, 0.05) is 18.6 Å². The normalized spacial score (nSPS) is 27.9. The number of hydrogen-bond donors (Lipinski definition) is 1. The van der Waals surface area contributed by atoms with Gasteiger partial charge in [-0.25, -0.2) is 4.98 Å². The van der Waals surface area contributed by atoms with E-state index in [2.05, 4.69) is 10.3 Å². The Labute approximate surface area is 107 Å². The Morgan fingerprint density at radius 2 is 2.39 bits per heavy atom. The number of amides is 1. The van der Waals surface area contributed by atoms with E-state index in [0.29, 0.717) is 23.5 Å². The van der Waals surface area contributed by atoms with Crippen molar-refractivity contribution in [3.8, 4) is 0 Å². The van der Waals surface area contributed by atoms with E-state index in [9.17, 15) is 4.79 Å². The summed E-state index contributed by atoms with van der Waals surface area (Å²) >= 11 is 0. The molecular weight excluding hydrogens is 230 g/mol. The third-order valence-electron chi connectivity index (χ3n) is 4.06. The van der Waals surface area contributed by atoms with Crippen molar-refractivity contribution in [1.29, 1.82) is 0 Å². The number of nitrogens with zero attached hydrogens (tertiary/aromatic N) is 2. The van der Waals surface area contributed by atoms with E-state index < -0.39 is 0 Å². The number of carbonyl (C=O) groups is 1. The van der Waals surface area contributed by atoms with Gasteiger partial charge in [0.25, 0.3) is 5.91 Å². The van der Waals surface area contributed by atoms with Crippen molar-refractivity contribution in [3.05, 3.63) is 17.8 Å². The molecular formula is C13H19N3O2. The molecule has 98 valence electrons. The molecule has 3 heterocycles. The Bertz CT molecular complexity index is 437. The summed E-state index contributed by atoms with van der Waals surface area (Å²) in [4.78, 5) is 18.4. The van der Waals surface area contributed by atoms with Gasteiger partial charge in [-0.1, -0.05) is 0 Å². The molecule has 0 aromatic carbocycles. The van der Waals surface area contributed by atoms with E-state index in [0.717, 1.165) is 25.9 Å². The van der Waals surface area contributed by atoms with Crippen molar-refractivity contribution in [3.63, 3.8) is 0 Å². The largest absolute Gasteiger partial charge is 0.438 e. The molecule has 5 nitrogen and oxygen atoms in total. The number of rotatable bonds is 2. The lowest BCUT2D eigenvalue weighted by Crippen LogP contribution is -2.46. The molecule has 2 aliphatic rings. The molecule has 2 atom stereocenters. The second-order valence-electron chi connectivity index (χ2n) is 5.18. The lowest BCUT2D eigenvalue weighted by Gasteiger charge is -2.28. The van der Waals surface area contributed by atoms with Gasteiger partial charge in [-0.2, -0.15) is 0 Å². The molecule has 0 radical (unpaired) electrons. The summed E-state index contributed by atoms with van der Waals surface area (Å²) < 4.78 is 5.23. The Morgan fingerprint density at radius 3 is 3.06 bits per heavy atom. The first-order valence-corrected chi connectivity index (χ1v) is 6.72. The van der Waals surface area contributed by atoms with Crippen LogP contribution in [0.15, 0.2) is 10.8 Å². The second-order valence-corrected chi connectivity index (χ2v) is 5.18. The van der Waals surface area contributed by atoms with Crippen LogP contribution in [0.5, 0.6) is 0 Å². The van der Waals surface area contributed by atoms with E-state index in [-0.39, 0.29) is 5.91 Å². The van der Waals surface area contributed by atoms with Gasteiger partial charge in [-0.05, 0) is 39.2 Å². The zero-order valence-corrected chi connectivity index (χ0v) is 10.7. The molecule has 18 heavy (non-hydrogen) atoms. The van der Waals surface area contributed by atoms with Gasteiger partial charge >= 0.3 is 0 Å². The monoisotopic (exact) mass is 249 g/mol. The van der Waals surface area contributed by atoms with E-state index in [4.69, 9.17) is 4.42 Å². The number of carbonyl (C=O) groups excluding carboxylic acids is 1. The first-order chi connectivity index (χ1) is 8.77. The number of nitrogens with one attached hydrogen (secondary N) is 1. The fourth-order valence-electron chi connectivity index (χ4n) is 3.14. The molecule has 2 fully saturated rings. The third-order valence-corrected chi connectivity index (χ3v) is 4.06. The van der Waals surface area contributed by atoms with Crippen LogP contribution in [0.4, 0.5) is 0 Å². The topological polar surface area (TPSA) is 58.4 Å². The summed E-state index contributed by atoms with van der Waals surface area (Å²) in [6.07, 6.45) is 5.91. The summed E-state index contributed by atoms with van der Waals surface area (Å²) in [5.41, 5.74) is 0.685. The van der Waals surface area contributed by atoms with Crippen molar-refractivity contribution in [2.45, 2.75) is 44.7 Å². The van der Waals surface area contributed by atoms with Gasteiger partial charge in [0.2, 0.25) is 5.76 Å². The minimum absolute atomic E-state index is 0.00111. The zero-order valence-electron chi connectivity index (χ0n) is 10.7. The second kappa shape index (κ2) is 4.72. The van der Waals surface area contributed by atoms with Crippen LogP contribution in [0.3, 0.4) is 0 Å². The van der Waals surface area contributed by atoms with Gasteiger partial charge in [-0.15, -0.1) is 0 Å². The van der Waals surface area contributed by atoms with E-state index in [1.807, 2.05) is 11.8 Å². The summed E-state index contributed by atoms with van der Waals surface area (Å²) in [6, 6.07) is 0.782. The van der Waals surface area contributed by atoms with E-state index >= 15 is 0 Å². The molecule has 2 saturated heterocycles. The van der Waals surface area contributed by atoms with Gasteiger partial charge in [-0.3, -0.25) is 4.79 Å². The number of oxazole rings is 1. The fraction of sp³-hybridized carbons (Fsp3) is 0.692. The molecule has 0 spiro atoms. The van der Waals surface area contributed by atoms with Crippen LogP contribution >= 0.6 is 0 Å². The van der Waals surface area contributed by atoms with Crippen LogP contribution in [0, 0.1) is 6.92 Å². The molecule has 0 aliphatic carbocycles. The Balaban J connectivity index is 1.78. The minimum Gasteiger partial charge on any atom is -0.438 e. The smallest absolute Gasteiger partial charge is 0.291 e. The number of aromatic nitrogens is 1. The average molecular weight is 249 g/mol. The van der Waals surface area contributed by atoms with Crippen molar-refractivity contribution in [1.82, 2.24) is 15.2 Å². The number of likely N-dealkylation sites (tertiary alicyclic amines) is 1. The highest BCUT2D eigenvalue weighted by molar-refractivity contribution is 5.92. The molecule has 3 rings (SSSR count). The van der Waals surface area contributed by atoms with E-state index in [1.54, 1.807) is 0 Å². The van der Waals surface area contributed by atoms with Crippen molar-refractivity contribution in [2.75, 3.05) is 13.1 Å². The van der Waals surface area contributed by atoms with Crippen molar-refractivity contribution >= 4 is 5.91 Å². The molecule has 1 amide bonds. The molecule has 5 heteroatoms. The summed E-state index contributed by atoms with van der Waals surface area (Å²) in [6.45, 7) is 3.72. The Morgan fingerprint density at radius 1 is 1.50 bits per heavy atom. The molecule has 1 aromatic rings. The molecule has 0 bridgehead atoms. The van der Waals surface area contributed by atoms with Crippen LogP contribution in [0.25, 0.3) is 0 Å². The first kappa shape index (κ1) is 11.7.